The number of halogens is 1. The summed E-state index contributed by atoms with van der Waals surface area (Å²) >= 11 is 0. The molecule has 0 bridgehead atoms. The quantitative estimate of drug-likeness (QED) is 0.289. The first-order valence-electron chi connectivity index (χ1n) is 7.93. The second-order valence-electron chi connectivity index (χ2n) is 6.11. The number of aliphatic imine (C=N–C) groups is 1. The fourth-order valence-corrected chi connectivity index (χ4v) is 1.96. The standard InChI is InChI=1S/C16H30N4O.HI/c1-12(2)8-6-7-9-18-16(17-5)19-11-14-10-15(13(3)4)20-21-14;/h10,12-13H,6-9,11H2,1-5H3,(H2,17,18,19);1H. The molecule has 0 aliphatic carbocycles. The predicted molar refractivity (Wildman–Crippen MR) is 103 cm³/mol. The molecule has 0 aliphatic heterocycles. The zero-order valence-electron chi connectivity index (χ0n) is 14.5. The van der Waals surface area contributed by atoms with Gasteiger partial charge in [0, 0.05) is 19.7 Å². The van der Waals surface area contributed by atoms with E-state index in [0.717, 1.165) is 29.9 Å². The van der Waals surface area contributed by atoms with Crippen molar-refractivity contribution in [2.24, 2.45) is 10.9 Å². The average Bonchev–Trinajstić information content (AvgIpc) is 2.90. The molecule has 1 aromatic heterocycles. The molecular weight excluding hydrogens is 391 g/mol. The Hall–Kier alpha value is -0.790. The van der Waals surface area contributed by atoms with Crippen LogP contribution in [0, 0.1) is 5.92 Å². The molecule has 0 atom stereocenters. The first kappa shape index (κ1) is 21.2. The van der Waals surface area contributed by atoms with Crippen molar-refractivity contribution < 1.29 is 4.52 Å². The lowest BCUT2D eigenvalue weighted by molar-refractivity contribution is 0.372. The van der Waals surface area contributed by atoms with Crippen LogP contribution in [0.5, 0.6) is 0 Å². The van der Waals surface area contributed by atoms with E-state index >= 15 is 0 Å². The van der Waals surface area contributed by atoms with Gasteiger partial charge in [0.2, 0.25) is 0 Å². The zero-order valence-corrected chi connectivity index (χ0v) is 16.8. The van der Waals surface area contributed by atoms with Crippen LogP contribution in [0.25, 0.3) is 0 Å². The topological polar surface area (TPSA) is 62.5 Å². The second-order valence-corrected chi connectivity index (χ2v) is 6.11. The summed E-state index contributed by atoms with van der Waals surface area (Å²) in [6.45, 7) is 10.3. The van der Waals surface area contributed by atoms with E-state index in [-0.39, 0.29) is 24.0 Å². The Morgan fingerprint density at radius 2 is 1.95 bits per heavy atom. The fraction of sp³-hybridized carbons (Fsp3) is 0.750. The van der Waals surface area contributed by atoms with Crippen LogP contribution in [-0.4, -0.2) is 24.7 Å². The maximum atomic E-state index is 5.29. The number of nitrogens with one attached hydrogen (secondary N) is 2. The molecule has 6 heteroatoms. The van der Waals surface area contributed by atoms with Gasteiger partial charge in [-0.05, 0) is 18.3 Å². The fourth-order valence-electron chi connectivity index (χ4n) is 1.96. The molecule has 0 spiro atoms. The van der Waals surface area contributed by atoms with E-state index in [1.165, 1.54) is 19.3 Å². The molecule has 1 rings (SSSR count). The number of unbranched alkanes of at least 4 members (excludes halogenated alkanes) is 1. The Morgan fingerprint density at radius 1 is 1.23 bits per heavy atom. The van der Waals surface area contributed by atoms with Crippen LogP contribution in [0.4, 0.5) is 0 Å². The van der Waals surface area contributed by atoms with Gasteiger partial charge in [-0.25, -0.2) is 0 Å². The first-order valence-corrected chi connectivity index (χ1v) is 7.93. The minimum Gasteiger partial charge on any atom is -0.359 e. The minimum absolute atomic E-state index is 0. The summed E-state index contributed by atoms with van der Waals surface area (Å²) in [6, 6.07) is 1.99. The number of guanidine groups is 1. The SMILES string of the molecule is CN=C(NCCCCC(C)C)NCc1cc(C(C)C)no1.I. The molecule has 0 amide bonds. The Labute approximate surface area is 151 Å². The van der Waals surface area contributed by atoms with Crippen LogP contribution >= 0.6 is 24.0 Å². The third kappa shape index (κ3) is 8.60. The highest BCUT2D eigenvalue weighted by molar-refractivity contribution is 14.0. The van der Waals surface area contributed by atoms with E-state index in [1.54, 1.807) is 7.05 Å². The van der Waals surface area contributed by atoms with Crippen molar-refractivity contribution >= 4 is 29.9 Å². The molecular formula is C16H31IN4O. The normalized spacial score (nSPS) is 11.7. The molecule has 128 valence electrons. The van der Waals surface area contributed by atoms with E-state index in [2.05, 4.69) is 48.5 Å². The van der Waals surface area contributed by atoms with E-state index in [1.807, 2.05) is 6.07 Å². The molecule has 1 aromatic rings. The van der Waals surface area contributed by atoms with Crippen LogP contribution in [0.15, 0.2) is 15.6 Å². The van der Waals surface area contributed by atoms with E-state index < -0.39 is 0 Å². The molecule has 0 saturated carbocycles. The third-order valence-electron chi connectivity index (χ3n) is 3.32. The maximum absolute atomic E-state index is 5.29. The molecule has 2 N–H and O–H groups in total. The number of hydrogen-bond acceptors (Lipinski definition) is 3. The van der Waals surface area contributed by atoms with E-state index in [0.29, 0.717) is 12.5 Å². The molecule has 1 heterocycles. The summed E-state index contributed by atoms with van der Waals surface area (Å²) in [6.07, 6.45) is 3.70. The summed E-state index contributed by atoms with van der Waals surface area (Å²) in [5.41, 5.74) is 0.989. The van der Waals surface area contributed by atoms with Gasteiger partial charge in [0.15, 0.2) is 11.7 Å². The van der Waals surface area contributed by atoms with Gasteiger partial charge in [-0.2, -0.15) is 0 Å². The monoisotopic (exact) mass is 422 g/mol. The molecule has 0 saturated heterocycles. The summed E-state index contributed by atoms with van der Waals surface area (Å²) < 4.78 is 5.29. The van der Waals surface area contributed by atoms with Crippen LogP contribution in [-0.2, 0) is 6.54 Å². The van der Waals surface area contributed by atoms with Gasteiger partial charge < -0.3 is 15.2 Å². The lowest BCUT2D eigenvalue weighted by atomic mass is 10.1. The van der Waals surface area contributed by atoms with Crippen molar-refractivity contribution in [3.8, 4) is 0 Å². The van der Waals surface area contributed by atoms with Gasteiger partial charge >= 0.3 is 0 Å². The van der Waals surface area contributed by atoms with Gasteiger partial charge in [-0.15, -0.1) is 24.0 Å². The van der Waals surface area contributed by atoms with Gasteiger partial charge in [0.25, 0.3) is 0 Å². The van der Waals surface area contributed by atoms with E-state index in [4.69, 9.17) is 4.52 Å². The summed E-state index contributed by atoms with van der Waals surface area (Å²) in [4.78, 5) is 4.21. The Morgan fingerprint density at radius 3 is 2.50 bits per heavy atom. The number of hydrogen-bond donors (Lipinski definition) is 2. The maximum Gasteiger partial charge on any atom is 0.191 e. The molecule has 0 aromatic carbocycles. The summed E-state index contributed by atoms with van der Waals surface area (Å²) in [7, 11) is 1.78. The number of rotatable bonds is 8. The third-order valence-corrected chi connectivity index (χ3v) is 3.32. The van der Waals surface area contributed by atoms with Gasteiger partial charge in [0.1, 0.15) is 0 Å². The van der Waals surface area contributed by atoms with Gasteiger partial charge in [-0.3, -0.25) is 4.99 Å². The lowest BCUT2D eigenvalue weighted by Gasteiger charge is -2.11. The van der Waals surface area contributed by atoms with Gasteiger partial charge in [0.05, 0.1) is 12.2 Å². The number of aromatic nitrogens is 1. The van der Waals surface area contributed by atoms with Crippen LogP contribution < -0.4 is 10.6 Å². The lowest BCUT2D eigenvalue weighted by Crippen LogP contribution is -2.37. The smallest absolute Gasteiger partial charge is 0.191 e. The predicted octanol–water partition coefficient (Wildman–Crippen LogP) is 3.91. The molecule has 0 radical (unpaired) electrons. The van der Waals surface area contributed by atoms with Crippen molar-refractivity contribution in [3.63, 3.8) is 0 Å². The first-order chi connectivity index (χ1) is 10.0. The van der Waals surface area contributed by atoms with Crippen molar-refractivity contribution in [3.05, 3.63) is 17.5 Å². The second kappa shape index (κ2) is 11.7. The zero-order chi connectivity index (χ0) is 15.7. The van der Waals surface area contributed by atoms with Crippen LogP contribution in [0.3, 0.4) is 0 Å². The highest BCUT2D eigenvalue weighted by Gasteiger charge is 2.08. The van der Waals surface area contributed by atoms with Crippen LogP contribution in [0.1, 0.15) is 64.3 Å². The van der Waals surface area contributed by atoms with Crippen molar-refractivity contribution in [1.29, 1.82) is 0 Å². The summed E-state index contributed by atoms with van der Waals surface area (Å²) in [5.74, 6) is 2.81. The van der Waals surface area contributed by atoms with Crippen LogP contribution in [0.2, 0.25) is 0 Å². The average molecular weight is 422 g/mol. The molecule has 0 aliphatic rings. The number of nitrogens with zero attached hydrogens (tertiary/aromatic N) is 2. The Bertz CT molecular complexity index is 430. The minimum atomic E-state index is 0. The largest absolute Gasteiger partial charge is 0.359 e. The van der Waals surface area contributed by atoms with E-state index in [9.17, 15) is 0 Å². The molecule has 22 heavy (non-hydrogen) atoms. The molecule has 0 fully saturated rings. The molecule has 0 unspecified atom stereocenters. The summed E-state index contributed by atoms with van der Waals surface area (Å²) in [5, 5.41) is 10.6. The van der Waals surface area contributed by atoms with Gasteiger partial charge in [-0.1, -0.05) is 45.7 Å². The van der Waals surface area contributed by atoms with Crippen molar-refractivity contribution in [2.75, 3.05) is 13.6 Å². The van der Waals surface area contributed by atoms with Crippen molar-refractivity contribution in [2.45, 2.75) is 59.4 Å². The molecule has 5 nitrogen and oxygen atoms in total. The Balaban J connectivity index is 0.00000441. The Kier molecular flexibility index (Phi) is 11.3. The highest BCUT2D eigenvalue weighted by Crippen LogP contribution is 2.13. The van der Waals surface area contributed by atoms with Crippen molar-refractivity contribution in [1.82, 2.24) is 15.8 Å². The highest BCUT2D eigenvalue weighted by atomic mass is 127.